The van der Waals surface area contributed by atoms with Crippen LogP contribution in [-0.4, -0.2) is 21.0 Å². The number of pyridine rings is 1. The minimum absolute atomic E-state index is 0.147. The van der Waals surface area contributed by atoms with Crippen molar-refractivity contribution in [2.45, 2.75) is 12.8 Å². The van der Waals surface area contributed by atoms with E-state index in [9.17, 15) is 14.9 Å². The number of aromatic nitrogens is 1. The summed E-state index contributed by atoms with van der Waals surface area (Å²) in [4.78, 5) is 23.9. The fraction of sp³-hybridized carbons (Fsp3) is 0.250. The van der Waals surface area contributed by atoms with Gasteiger partial charge in [-0.2, -0.15) is 0 Å². The Kier molecular flexibility index (Phi) is 2.76. The molecule has 0 spiro atoms. The maximum absolute atomic E-state index is 10.5. The topological polar surface area (TPSA) is 93.3 Å². The van der Waals surface area contributed by atoms with Crippen molar-refractivity contribution in [3.8, 4) is 0 Å². The van der Waals surface area contributed by atoms with Gasteiger partial charge < -0.3 is 5.11 Å². The summed E-state index contributed by atoms with van der Waals surface area (Å²) in [6.45, 7) is 1.47. The fourth-order valence-electron chi connectivity index (χ4n) is 0.888. The number of nitro groups is 1. The first-order chi connectivity index (χ1) is 6.52. The van der Waals surface area contributed by atoms with E-state index in [0.29, 0.717) is 5.69 Å². The van der Waals surface area contributed by atoms with Crippen LogP contribution in [0.15, 0.2) is 18.3 Å². The highest BCUT2D eigenvalue weighted by molar-refractivity contribution is 5.74. The van der Waals surface area contributed by atoms with E-state index in [-0.39, 0.29) is 5.69 Å². The lowest BCUT2D eigenvalue weighted by Crippen LogP contribution is -2.09. The van der Waals surface area contributed by atoms with E-state index < -0.39 is 16.8 Å². The van der Waals surface area contributed by atoms with Gasteiger partial charge in [-0.1, -0.05) is 0 Å². The lowest BCUT2D eigenvalue weighted by Gasteiger charge is -2.03. The lowest BCUT2D eigenvalue weighted by molar-refractivity contribution is -0.385. The minimum Gasteiger partial charge on any atom is -0.481 e. The second-order valence-corrected chi connectivity index (χ2v) is 2.76. The molecule has 74 valence electrons. The van der Waals surface area contributed by atoms with Crippen LogP contribution >= 0.6 is 0 Å². The zero-order valence-corrected chi connectivity index (χ0v) is 7.38. The number of hydrogen-bond donors (Lipinski definition) is 1. The average molecular weight is 196 g/mol. The minimum atomic E-state index is -1.01. The molecule has 0 aliphatic carbocycles. The molecule has 1 heterocycles. The summed E-state index contributed by atoms with van der Waals surface area (Å²) < 4.78 is 0. The van der Waals surface area contributed by atoms with Gasteiger partial charge in [0.15, 0.2) is 0 Å². The molecule has 1 aromatic heterocycles. The summed E-state index contributed by atoms with van der Waals surface area (Å²) in [5, 5.41) is 18.9. The number of hydrogen-bond acceptors (Lipinski definition) is 4. The molecule has 1 unspecified atom stereocenters. The maximum Gasteiger partial charge on any atom is 0.312 e. The predicted octanol–water partition coefficient (Wildman–Crippen LogP) is 1.18. The molecule has 0 radical (unpaired) electrons. The van der Waals surface area contributed by atoms with E-state index >= 15 is 0 Å². The Morgan fingerprint density at radius 3 is 2.64 bits per heavy atom. The molecule has 0 fully saturated rings. The maximum atomic E-state index is 10.5. The third kappa shape index (κ3) is 2.03. The first-order valence-electron chi connectivity index (χ1n) is 3.85. The van der Waals surface area contributed by atoms with Crippen LogP contribution in [-0.2, 0) is 4.79 Å². The van der Waals surface area contributed by atoms with Gasteiger partial charge in [0.25, 0.3) is 5.69 Å². The van der Waals surface area contributed by atoms with E-state index in [1.165, 1.54) is 19.1 Å². The first kappa shape index (κ1) is 10.1. The summed E-state index contributed by atoms with van der Waals surface area (Å²) in [5.41, 5.74) is 0.162. The van der Waals surface area contributed by atoms with Crippen molar-refractivity contribution in [1.82, 2.24) is 4.98 Å². The molecule has 6 nitrogen and oxygen atoms in total. The third-order valence-corrected chi connectivity index (χ3v) is 1.80. The zero-order chi connectivity index (χ0) is 10.7. The highest BCUT2D eigenvalue weighted by Crippen LogP contribution is 2.15. The Morgan fingerprint density at radius 1 is 1.64 bits per heavy atom. The Balaban J connectivity index is 2.94. The first-order valence-corrected chi connectivity index (χ1v) is 3.85. The van der Waals surface area contributed by atoms with Gasteiger partial charge in [0.2, 0.25) is 0 Å². The second-order valence-electron chi connectivity index (χ2n) is 2.76. The largest absolute Gasteiger partial charge is 0.481 e. The Morgan fingerprint density at radius 2 is 2.29 bits per heavy atom. The molecular weight excluding hydrogens is 188 g/mol. The molecule has 1 rings (SSSR count). The molecule has 0 aliphatic heterocycles. The van der Waals surface area contributed by atoms with E-state index in [1.54, 1.807) is 0 Å². The molecule has 0 amide bonds. The van der Waals surface area contributed by atoms with E-state index in [4.69, 9.17) is 5.11 Å². The smallest absolute Gasteiger partial charge is 0.312 e. The molecular formula is C8H8N2O4. The summed E-state index contributed by atoms with van der Waals surface area (Å²) in [6, 6.07) is 2.58. The summed E-state index contributed by atoms with van der Waals surface area (Å²) in [5.74, 6) is -1.76. The van der Waals surface area contributed by atoms with Gasteiger partial charge in [0.1, 0.15) is 6.20 Å². The number of nitrogens with zero attached hydrogens (tertiary/aromatic N) is 2. The summed E-state index contributed by atoms with van der Waals surface area (Å²) in [6.07, 6.45) is 1.05. The number of carbonyl (C=O) groups is 1. The van der Waals surface area contributed by atoms with Gasteiger partial charge in [0, 0.05) is 6.07 Å². The van der Waals surface area contributed by atoms with Crippen molar-refractivity contribution in [2.24, 2.45) is 0 Å². The van der Waals surface area contributed by atoms with Crippen molar-refractivity contribution in [1.29, 1.82) is 0 Å². The van der Waals surface area contributed by atoms with Gasteiger partial charge in [0.05, 0.1) is 16.5 Å². The van der Waals surface area contributed by atoms with E-state index in [2.05, 4.69) is 4.98 Å². The molecule has 14 heavy (non-hydrogen) atoms. The van der Waals surface area contributed by atoms with Crippen LogP contribution in [0.5, 0.6) is 0 Å². The molecule has 6 heteroatoms. The Labute approximate surface area is 79.4 Å². The highest BCUT2D eigenvalue weighted by atomic mass is 16.6. The molecule has 0 bridgehead atoms. The molecule has 1 N–H and O–H groups in total. The number of carboxylic acids is 1. The van der Waals surface area contributed by atoms with Crippen molar-refractivity contribution >= 4 is 11.7 Å². The van der Waals surface area contributed by atoms with Crippen LogP contribution in [0.1, 0.15) is 18.5 Å². The van der Waals surface area contributed by atoms with Crippen molar-refractivity contribution < 1.29 is 14.8 Å². The van der Waals surface area contributed by atoms with E-state index in [1.807, 2.05) is 0 Å². The lowest BCUT2D eigenvalue weighted by atomic mass is 10.1. The van der Waals surface area contributed by atoms with Crippen LogP contribution in [0.25, 0.3) is 0 Å². The van der Waals surface area contributed by atoms with Gasteiger partial charge in [-0.15, -0.1) is 0 Å². The third-order valence-electron chi connectivity index (χ3n) is 1.80. The van der Waals surface area contributed by atoms with Crippen molar-refractivity contribution in [3.05, 3.63) is 34.1 Å². The number of rotatable bonds is 3. The van der Waals surface area contributed by atoms with Crippen LogP contribution < -0.4 is 0 Å². The molecule has 0 aliphatic rings. The number of carboxylic acid groups (broad SMARTS) is 1. The molecule has 0 saturated heterocycles. The predicted molar refractivity (Wildman–Crippen MR) is 46.9 cm³/mol. The fourth-order valence-corrected chi connectivity index (χ4v) is 0.888. The SMILES string of the molecule is CC(C(=O)O)c1ccc([N+](=O)[O-])cn1. The molecule has 0 aromatic carbocycles. The van der Waals surface area contributed by atoms with Crippen molar-refractivity contribution in [2.75, 3.05) is 0 Å². The summed E-state index contributed by atoms with van der Waals surface area (Å²) in [7, 11) is 0. The van der Waals surface area contributed by atoms with Crippen LogP contribution in [0.4, 0.5) is 5.69 Å². The van der Waals surface area contributed by atoms with E-state index in [0.717, 1.165) is 6.20 Å². The Bertz CT molecular complexity index is 360. The molecule has 1 aromatic rings. The quantitative estimate of drug-likeness (QED) is 0.578. The second kappa shape index (κ2) is 3.82. The highest BCUT2D eigenvalue weighted by Gasteiger charge is 2.16. The van der Waals surface area contributed by atoms with Gasteiger partial charge in [-0.3, -0.25) is 19.9 Å². The monoisotopic (exact) mass is 196 g/mol. The van der Waals surface area contributed by atoms with Crippen LogP contribution in [0.3, 0.4) is 0 Å². The number of aliphatic carboxylic acids is 1. The Hall–Kier alpha value is -1.98. The summed E-state index contributed by atoms with van der Waals surface area (Å²) >= 11 is 0. The van der Waals surface area contributed by atoms with Gasteiger partial charge >= 0.3 is 5.97 Å². The average Bonchev–Trinajstić information content (AvgIpc) is 2.16. The van der Waals surface area contributed by atoms with Crippen LogP contribution in [0, 0.1) is 10.1 Å². The zero-order valence-electron chi connectivity index (χ0n) is 7.38. The van der Waals surface area contributed by atoms with Gasteiger partial charge in [-0.05, 0) is 13.0 Å². The van der Waals surface area contributed by atoms with Crippen LogP contribution in [0.2, 0.25) is 0 Å². The standard InChI is InChI=1S/C8H8N2O4/c1-5(8(11)12)7-3-2-6(4-9-7)10(13)14/h2-5H,1H3,(H,11,12). The normalized spacial score (nSPS) is 12.1. The van der Waals surface area contributed by atoms with Gasteiger partial charge in [-0.25, -0.2) is 0 Å². The molecule has 1 atom stereocenters. The molecule has 0 saturated carbocycles. The van der Waals surface area contributed by atoms with Crippen molar-refractivity contribution in [3.63, 3.8) is 0 Å².